The molecule has 1 saturated heterocycles. The van der Waals surface area contributed by atoms with E-state index in [-0.39, 0.29) is 12.0 Å². The van der Waals surface area contributed by atoms with Gasteiger partial charge in [-0.3, -0.25) is 21.2 Å². The molecule has 2 atom stereocenters. The summed E-state index contributed by atoms with van der Waals surface area (Å²) in [7, 11) is 1.52. The number of carbonyl (C=O) groups excluding carboxylic acids is 1. The molecule has 7 heteroatoms. The molecule has 3 rings (SSSR count). The molecule has 0 spiro atoms. The fourth-order valence-electron chi connectivity index (χ4n) is 4.15. The van der Waals surface area contributed by atoms with Crippen molar-refractivity contribution in [3.63, 3.8) is 0 Å². The topological polar surface area (TPSA) is 111 Å². The lowest BCUT2D eigenvalue weighted by Gasteiger charge is -2.43. The first kappa shape index (κ1) is 19.1. The van der Waals surface area contributed by atoms with E-state index in [0.717, 1.165) is 37.1 Å². The lowest BCUT2D eigenvalue weighted by atomic mass is 9.80. The van der Waals surface area contributed by atoms with Gasteiger partial charge in [-0.1, -0.05) is 13.8 Å². The number of Topliss-reactive ketones (excluding diaryl/α,β-unsaturated/α-hetero) is 1. The highest BCUT2D eigenvalue weighted by Gasteiger charge is 2.38. The molecule has 0 bridgehead atoms. The smallest absolute Gasteiger partial charge is 0.328 e. The molecule has 7 nitrogen and oxygen atoms in total. The number of ether oxygens (including phenoxy) is 2. The van der Waals surface area contributed by atoms with E-state index in [1.54, 1.807) is 6.07 Å². The standard InChI is InChI=1S/C19H29N3O4/c1-11(2)6-13-10-22-5-4-12-7-18(26-19(20,21)24)17(25-3)8-14(12)15(22)9-16(13)23/h7-8,11,13,15,24H,4-6,9-10,20-21H2,1-3H3. The minimum atomic E-state index is -2.27. The van der Waals surface area contributed by atoms with Crippen molar-refractivity contribution >= 4 is 5.78 Å². The van der Waals surface area contributed by atoms with Gasteiger partial charge in [0.2, 0.25) is 0 Å². The molecule has 0 saturated carbocycles. The minimum absolute atomic E-state index is 0.0623. The summed E-state index contributed by atoms with van der Waals surface area (Å²) in [6.45, 7) is 6.02. The second-order valence-corrected chi connectivity index (χ2v) is 7.81. The van der Waals surface area contributed by atoms with Crippen LogP contribution < -0.4 is 20.9 Å². The molecule has 0 aliphatic carbocycles. The van der Waals surface area contributed by atoms with Crippen LogP contribution >= 0.6 is 0 Å². The number of methoxy groups -OCH3 is 1. The summed E-state index contributed by atoms with van der Waals surface area (Å²) in [5.74, 6) is 1.72. The van der Waals surface area contributed by atoms with Crippen molar-refractivity contribution in [3.8, 4) is 11.5 Å². The molecular formula is C19H29N3O4. The van der Waals surface area contributed by atoms with E-state index in [2.05, 4.69) is 18.7 Å². The summed E-state index contributed by atoms with van der Waals surface area (Å²) in [6, 6.07) is 1.48. The number of fused-ring (bicyclic) bond motifs is 3. The third-order valence-corrected chi connectivity index (χ3v) is 5.23. The number of nitrogens with two attached hydrogens (primary N) is 2. The van der Waals surface area contributed by atoms with Gasteiger partial charge in [0, 0.05) is 31.5 Å². The van der Waals surface area contributed by atoms with Gasteiger partial charge in [-0.05, 0) is 42.0 Å². The van der Waals surface area contributed by atoms with Crippen LogP contribution in [0.15, 0.2) is 12.1 Å². The number of hydrogen-bond acceptors (Lipinski definition) is 7. The number of rotatable bonds is 5. The Morgan fingerprint density at radius 1 is 1.35 bits per heavy atom. The Labute approximate surface area is 154 Å². The van der Waals surface area contributed by atoms with Crippen molar-refractivity contribution in [1.82, 2.24) is 4.90 Å². The van der Waals surface area contributed by atoms with Gasteiger partial charge in [0.05, 0.1) is 7.11 Å². The molecule has 0 aromatic heterocycles. The first-order valence-electron chi connectivity index (χ1n) is 9.14. The van der Waals surface area contributed by atoms with Crippen LogP contribution in [-0.2, 0) is 11.2 Å². The van der Waals surface area contributed by atoms with E-state index in [0.29, 0.717) is 29.6 Å². The van der Waals surface area contributed by atoms with Crippen LogP contribution in [0.3, 0.4) is 0 Å². The van der Waals surface area contributed by atoms with Crippen molar-refractivity contribution < 1.29 is 19.4 Å². The van der Waals surface area contributed by atoms with E-state index >= 15 is 0 Å². The summed E-state index contributed by atoms with van der Waals surface area (Å²) in [5, 5.41) is 9.54. The predicted molar refractivity (Wildman–Crippen MR) is 97.5 cm³/mol. The Balaban J connectivity index is 1.88. The highest BCUT2D eigenvalue weighted by atomic mass is 16.7. The fraction of sp³-hybridized carbons (Fsp3) is 0.632. The largest absolute Gasteiger partial charge is 0.493 e. The van der Waals surface area contributed by atoms with E-state index in [9.17, 15) is 9.90 Å². The summed E-state index contributed by atoms with van der Waals surface area (Å²) in [6.07, 6.45) is 2.30. The maximum Gasteiger partial charge on any atom is 0.328 e. The van der Waals surface area contributed by atoms with Gasteiger partial charge in [-0.15, -0.1) is 0 Å². The molecule has 0 radical (unpaired) electrons. The molecule has 1 aromatic rings. The van der Waals surface area contributed by atoms with Crippen molar-refractivity contribution in [1.29, 1.82) is 0 Å². The van der Waals surface area contributed by atoms with Crippen molar-refractivity contribution in [2.24, 2.45) is 23.3 Å². The first-order valence-corrected chi connectivity index (χ1v) is 9.14. The zero-order valence-corrected chi connectivity index (χ0v) is 15.7. The van der Waals surface area contributed by atoms with Gasteiger partial charge >= 0.3 is 6.03 Å². The summed E-state index contributed by atoms with van der Waals surface area (Å²) >= 11 is 0. The molecule has 5 N–H and O–H groups in total. The predicted octanol–water partition coefficient (Wildman–Crippen LogP) is 1.13. The molecule has 2 heterocycles. The number of benzene rings is 1. The zero-order valence-electron chi connectivity index (χ0n) is 15.7. The van der Waals surface area contributed by atoms with Gasteiger partial charge < -0.3 is 14.6 Å². The highest BCUT2D eigenvalue weighted by Crippen LogP contribution is 2.42. The van der Waals surface area contributed by atoms with Crippen LogP contribution in [0.25, 0.3) is 0 Å². The Bertz CT molecular complexity index is 684. The normalized spacial score (nSPS) is 23.6. The number of ketones is 1. The lowest BCUT2D eigenvalue weighted by molar-refractivity contribution is -0.129. The number of hydrogen-bond donors (Lipinski definition) is 3. The quantitative estimate of drug-likeness (QED) is 0.673. The highest BCUT2D eigenvalue weighted by molar-refractivity contribution is 5.83. The molecular weight excluding hydrogens is 334 g/mol. The number of piperidine rings is 1. The number of nitrogens with zero attached hydrogens (tertiary/aromatic N) is 1. The SMILES string of the molecule is COc1cc2c(cc1OC(N)(N)O)CCN1CC(CC(C)C)C(=O)CC21. The molecule has 2 unspecified atom stereocenters. The van der Waals surface area contributed by atoms with E-state index in [4.69, 9.17) is 20.9 Å². The maximum atomic E-state index is 12.7. The van der Waals surface area contributed by atoms with Crippen molar-refractivity contribution in [3.05, 3.63) is 23.3 Å². The van der Waals surface area contributed by atoms with Crippen LogP contribution in [0.4, 0.5) is 0 Å². The average molecular weight is 363 g/mol. The Hall–Kier alpha value is -1.67. The summed E-state index contributed by atoms with van der Waals surface area (Å²) in [5.41, 5.74) is 12.8. The second-order valence-electron chi connectivity index (χ2n) is 7.81. The van der Waals surface area contributed by atoms with E-state index in [1.807, 2.05) is 6.07 Å². The molecule has 2 aliphatic rings. The van der Waals surface area contributed by atoms with Gasteiger partial charge in [0.1, 0.15) is 5.78 Å². The molecule has 26 heavy (non-hydrogen) atoms. The van der Waals surface area contributed by atoms with E-state index in [1.165, 1.54) is 7.11 Å². The average Bonchev–Trinajstić information content (AvgIpc) is 2.53. The van der Waals surface area contributed by atoms with Gasteiger partial charge in [-0.25, -0.2) is 0 Å². The first-order chi connectivity index (χ1) is 12.2. The Morgan fingerprint density at radius 2 is 2.08 bits per heavy atom. The minimum Gasteiger partial charge on any atom is -0.493 e. The fourth-order valence-corrected chi connectivity index (χ4v) is 4.15. The number of carbonyl (C=O) groups is 1. The molecule has 144 valence electrons. The van der Waals surface area contributed by atoms with Crippen LogP contribution in [0.2, 0.25) is 0 Å². The van der Waals surface area contributed by atoms with Gasteiger partial charge in [0.25, 0.3) is 0 Å². The molecule has 2 aliphatic heterocycles. The van der Waals surface area contributed by atoms with E-state index < -0.39 is 6.03 Å². The third-order valence-electron chi connectivity index (χ3n) is 5.23. The van der Waals surface area contributed by atoms with Gasteiger partial charge in [0.15, 0.2) is 11.5 Å². The third kappa shape index (κ3) is 4.01. The second kappa shape index (κ2) is 7.15. The molecule has 1 fully saturated rings. The van der Waals surface area contributed by atoms with Crippen LogP contribution in [0.1, 0.15) is 43.9 Å². The number of aliphatic hydroxyl groups is 1. The van der Waals surface area contributed by atoms with Gasteiger partial charge in [-0.2, -0.15) is 0 Å². The summed E-state index contributed by atoms with van der Waals surface area (Å²) < 4.78 is 10.6. The van der Waals surface area contributed by atoms with Crippen LogP contribution in [0.5, 0.6) is 11.5 Å². The molecule has 0 amide bonds. The Morgan fingerprint density at radius 3 is 2.69 bits per heavy atom. The summed E-state index contributed by atoms with van der Waals surface area (Å²) in [4.78, 5) is 15.1. The monoisotopic (exact) mass is 363 g/mol. The Kier molecular flexibility index (Phi) is 5.25. The maximum absolute atomic E-state index is 12.7. The molecule has 1 aromatic carbocycles. The zero-order chi connectivity index (χ0) is 19.1. The van der Waals surface area contributed by atoms with Crippen molar-refractivity contribution in [2.45, 2.75) is 45.2 Å². The van der Waals surface area contributed by atoms with Crippen molar-refractivity contribution in [2.75, 3.05) is 20.2 Å². The van der Waals surface area contributed by atoms with Crippen LogP contribution in [-0.4, -0.2) is 42.0 Å². The van der Waals surface area contributed by atoms with Crippen LogP contribution in [0, 0.1) is 11.8 Å². The lowest BCUT2D eigenvalue weighted by Crippen LogP contribution is -2.54.